The number of carbonyl (C=O) groups excluding carboxylic acids is 2. The monoisotopic (exact) mass is 385 g/mol. The highest BCUT2D eigenvalue weighted by Crippen LogP contribution is 2.29. The first-order chi connectivity index (χ1) is 13.1. The number of aromatic nitrogens is 1. The molecule has 1 heterocycles. The second-order valence-electron chi connectivity index (χ2n) is 5.58. The van der Waals surface area contributed by atoms with Crippen molar-refractivity contribution in [3.8, 4) is 17.1 Å². The quantitative estimate of drug-likeness (QED) is 0.658. The SMILES string of the molecule is COc1ccccc1-c1cc(C(=O)NNC(=O)Cc2ccc(Cl)cc2)no1. The van der Waals surface area contributed by atoms with Crippen LogP contribution in [0.1, 0.15) is 16.1 Å². The smallest absolute Gasteiger partial charge is 0.291 e. The zero-order valence-corrected chi connectivity index (χ0v) is 15.1. The van der Waals surface area contributed by atoms with Crippen molar-refractivity contribution in [3.05, 3.63) is 70.9 Å². The third-order valence-corrected chi connectivity index (χ3v) is 3.96. The summed E-state index contributed by atoms with van der Waals surface area (Å²) in [6.45, 7) is 0. The lowest BCUT2D eigenvalue weighted by molar-refractivity contribution is -0.121. The molecule has 0 spiro atoms. The molecular formula is C19H16ClN3O4. The van der Waals surface area contributed by atoms with Crippen LogP contribution in [0.25, 0.3) is 11.3 Å². The second-order valence-corrected chi connectivity index (χ2v) is 6.02. The maximum absolute atomic E-state index is 12.1. The van der Waals surface area contributed by atoms with Crippen LogP contribution in [0.15, 0.2) is 59.1 Å². The van der Waals surface area contributed by atoms with Gasteiger partial charge < -0.3 is 9.26 Å². The van der Waals surface area contributed by atoms with Crippen molar-refractivity contribution < 1.29 is 18.8 Å². The van der Waals surface area contributed by atoms with Gasteiger partial charge in [-0.05, 0) is 29.8 Å². The van der Waals surface area contributed by atoms with Gasteiger partial charge in [0, 0.05) is 11.1 Å². The average molecular weight is 386 g/mol. The second kappa shape index (κ2) is 8.37. The van der Waals surface area contributed by atoms with E-state index >= 15 is 0 Å². The van der Waals surface area contributed by atoms with Gasteiger partial charge in [-0.25, -0.2) is 0 Å². The summed E-state index contributed by atoms with van der Waals surface area (Å²) in [5.41, 5.74) is 6.11. The number of methoxy groups -OCH3 is 1. The van der Waals surface area contributed by atoms with Crippen LogP contribution in [0, 0.1) is 0 Å². The first-order valence-corrected chi connectivity index (χ1v) is 8.38. The molecule has 0 unspecified atom stereocenters. The Morgan fingerprint density at radius 1 is 1.11 bits per heavy atom. The number of hydrogen-bond donors (Lipinski definition) is 2. The van der Waals surface area contributed by atoms with Gasteiger partial charge in [0.05, 0.1) is 19.1 Å². The van der Waals surface area contributed by atoms with Crippen molar-refractivity contribution in [2.24, 2.45) is 0 Å². The molecule has 0 saturated carbocycles. The normalized spacial score (nSPS) is 10.3. The van der Waals surface area contributed by atoms with Crippen LogP contribution in [0.5, 0.6) is 5.75 Å². The third kappa shape index (κ3) is 4.65. The molecule has 27 heavy (non-hydrogen) atoms. The van der Waals surface area contributed by atoms with Crippen molar-refractivity contribution >= 4 is 23.4 Å². The predicted molar refractivity (Wildman–Crippen MR) is 99.3 cm³/mol. The highest BCUT2D eigenvalue weighted by Gasteiger charge is 2.16. The third-order valence-electron chi connectivity index (χ3n) is 3.71. The summed E-state index contributed by atoms with van der Waals surface area (Å²) in [6.07, 6.45) is 0.0999. The van der Waals surface area contributed by atoms with Crippen LogP contribution in [0.3, 0.4) is 0 Å². The van der Waals surface area contributed by atoms with Crippen LogP contribution >= 0.6 is 11.6 Å². The summed E-state index contributed by atoms with van der Waals surface area (Å²) in [4.78, 5) is 24.1. The summed E-state index contributed by atoms with van der Waals surface area (Å²) in [7, 11) is 1.54. The van der Waals surface area contributed by atoms with Crippen molar-refractivity contribution in [3.63, 3.8) is 0 Å². The highest BCUT2D eigenvalue weighted by atomic mass is 35.5. The number of nitrogens with zero attached hydrogens (tertiary/aromatic N) is 1. The van der Waals surface area contributed by atoms with Crippen LogP contribution < -0.4 is 15.6 Å². The molecule has 0 bridgehead atoms. The minimum atomic E-state index is -0.593. The molecule has 138 valence electrons. The number of halogens is 1. The molecule has 0 atom stereocenters. The number of rotatable bonds is 5. The Bertz CT molecular complexity index is 954. The summed E-state index contributed by atoms with van der Waals surface area (Å²) in [5, 5.41) is 4.32. The average Bonchev–Trinajstić information content (AvgIpc) is 3.18. The van der Waals surface area contributed by atoms with E-state index in [0.717, 1.165) is 5.56 Å². The number of carbonyl (C=O) groups is 2. The summed E-state index contributed by atoms with van der Waals surface area (Å²) in [5.74, 6) is 0.00504. The lowest BCUT2D eigenvalue weighted by Crippen LogP contribution is -2.42. The fraction of sp³-hybridized carbons (Fsp3) is 0.105. The molecule has 0 aliphatic carbocycles. The van der Waals surface area contributed by atoms with E-state index in [1.807, 2.05) is 12.1 Å². The molecule has 0 aliphatic heterocycles. The van der Waals surface area contributed by atoms with E-state index in [1.165, 1.54) is 6.07 Å². The first kappa shape index (κ1) is 18.5. The fourth-order valence-corrected chi connectivity index (χ4v) is 2.51. The molecule has 7 nitrogen and oxygen atoms in total. The van der Waals surface area contributed by atoms with Gasteiger partial charge in [0.15, 0.2) is 11.5 Å². The largest absolute Gasteiger partial charge is 0.496 e. The maximum atomic E-state index is 12.1. The molecule has 2 amide bonds. The highest BCUT2D eigenvalue weighted by molar-refractivity contribution is 6.30. The van der Waals surface area contributed by atoms with E-state index in [0.29, 0.717) is 22.1 Å². The van der Waals surface area contributed by atoms with Gasteiger partial charge in [-0.15, -0.1) is 0 Å². The molecule has 2 aromatic carbocycles. The van der Waals surface area contributed by atoms with E-state index < -0.39 is 5.91 Å². The number of nitrogens with one attached hydrogen (secondary N) is 2. The van der Waals surface area contributed by atoms with Crippen molar-refractivity contribution in [1.82, 2.24) is 16.0 Å². The van der Waals surface area contributed by atoms with Gasteiger partial charge in [0.2, 0.25) is 5.91 Å². The summed E-state index contributed by atoms with van der Waals surface area (Å²) < 4.78 is 10.5. The molecular weight excluding hydrogens is 370 g/mol. The maximum Gasteiger partial charge on any atom is 0.291 e. The fourth-order valence-electron chi connectivity index (χ4n) is 2.38. The summed E-state index contributed by atoms with van der Waals surface area (Å²) >= 11 is 5.80. The Kier molecular flexibility index (Phi) is 5.73. The number of amides is 2. The molecule has 0 fully saturated rings. The predicted octanol–water partition coefficient (Wildman–Crippen LogP) is 3.01. The standard InChI is InChI=1S/C19H16ClN3O4/c1-26-16-5-3-2-4-14(16)17-11-15(23-27-17)19(25)22-21-18(24)10-12-6-8-13(20)9-7-12/h2-9,11H,10H2,1H3,(H,21,24)(H,22,25). The van der Waals surface area contributed by atoms with E-state index in [2.05, 4.69) is 16.0 Å². The molecule has 3 rings (SSSR count). The van der Waals surface area contributed by atoms with Gasteiger partial charge in [-0.1, -0.05) is 41.0 Å². The summed E-state index contributed by atoms with van der Waals surface area (Å²) in [6, 6.07) is 15.5. The Morgan fingerprint density at radius 2 is 1.85 bits per heavy atom. The van der Waals surface area contributed by atoms with Gasteiger partial charge >= 0.3 is 0 Å². The van der Waals surface area contributed by atoms with Crippen LogP contribution in [0.2, 0.25) is 5.02 Å². The van der Waals surface area contributed by atoms with E-state index in [9.17, 15) is 9.59 Å². The molecule has 0 aliphatic rings. The number of hydrogen-bond acceptors (Lipinski definition) is 5. The van der Waals surface area contributed by atoms with Crippen LogP contribution in [-0.4, -0.2) is 24.1 Å². The lowest BCUT2D eigenvalue weighted by atomic mass is 10.1. The minimum Gasteiger partial charge on any atom is -0.496 e. The molecule has 2 N–H and O–H groups in total. The van der Waals surface area contributed by atoms with Crippen LogP contribution in [-0.2, 0) is 11.2 Å². The van der Waals surface area contributed by atoms with Gasteiger partial charge in [0.25, 0.3) is 5.91 Å². The van der Waals surface area contributed by atoms with Gasteiger partial charge in [-0.2, -0.15) is 0 Å². The zero-order chi connectivity index (χ0) is 19.2. The van der Waals surface area contributed by atoms with Gasteiger partial charge in [0.1, 0.15) is 5.75 Å². The zero-order valence-electron chi connectivity index (χ0n) is 14.4. The van der Waals surface area contributed by atoms with Crippen molar-refractivity contribution in [2.45, 2.75) is 6.42 Å². The Balaban J connectivity index is 1.59. The molecule has 1 aromatic heterocycles. The Morgan fingerprint density at radius 3 is 2.59 bits per heavy atom. The molecule has 3 aromatic rings. The molecule has 8 heteroatoms. The van der Waals surface area contributed by atoms with E-state index in [-0.39, 0.29) is 18.0 Å². The number of para-hydroxylation sites is 1. The number of ether oxygens (including phenoxy) is 1. The topological polar surface area (TPSA) is 93.5 Å². The van der Waals surface area contributed by atoms with Crippen molar-refractivity contribution in [1.29, 1.82) is 0 Å². The van der Waals surface area contributed by atoms with Crippen molar-refractivity contribution in [2.75, 3.05) is 7.11 Å². The molecule has 0 radical (unpaired) electrons. The lowest BCUT2D eigenvalue weighted by Gasteiger charge is -2.06. The minimum absolute atomic E-state index is 0.0303. The van der Waals surface area contributed by atoms with Gasteiger partial charge in [-0.3, -0.25) is 20.4 Å². The number of hydrazine groups is 1. The molecule has 0 saturated heterocycles. The Labute approximate surface area is 160 Å². The van der Waals surface area contributed by atoms with E-state index in [1.54, 1.807) is 43.5 Å². The number of benzene rings is 2. The first-order valence-electron chi connectivity index (χ1n) is 8.00. The van der Waals surface area contributed by atoms with Crippen LogP contribution in [0.4, 0.5) is 0 Å². The van der Waals surface area contributed by atoms with E-state index in [4.69, 9.17) is 20.9 Å². The Hall–Kier alpha value is -3.32.